The average Bonchev–Trinajstić information content (AvgIpc) is 2.99. The first-order chi connectivity index (χ1) is 10.7. The number of aromatic nitrogens is 1. The number of carbonyl (C=O) groups is 1. The van der Waals surface area contributed by atoms with Crippen LogP contribution in [0, 0.1) is 0 Å². The smallest absolute Gasteiger partial charge is 0.319 e. The van der Waals surface area contributed by atoms with Crippen molar-refractivity contribution in [3.8, 4) is 11.6 Å². The van der Waals surface area contributed by atoms with Gasteiger partial charge in [-0.15, -0.1) is 0 Å². The zero-order chi connectivity index (χ0) is 15.9. The number of hydrogen-bond donors (Lipinski definition) is 3. The van der Waals surface area contributed by atoms with Crippen LogP contribution in [0.4, 0.5) is 10.5 Å². The van der Waals surface area contributed by atoms with Gasteiger partial charge in [-0.1, -0.05) is 18.2 Å². The van der Waals surface area contributed by atoms with Crippen molar-refractivity contribution in [1.29, 1.82) is 0 Å². The Hall–Kier alpha value is -2.32. The molecule has 1 atom stereocenters. The van der Waals surface area contributed by atoms with Crippen LogP contribution in [0.15, 0.2) is 29.6 Å². The summed E-state index contributed by atoms with van der Waals surface area (Å²) < 4.78 is 14.1. The maximum Gasteiger partial charge on any atom is 0.319 e. The van der Waals surface area contributed by atoms with Crippen molar-refractivity contribution < 1.29 is 19.4 Å². The quantitative estimate of drug-likeness (QED) is 0.756. The Labute approximate surface area is 132 Å². The molecule has 7 nitrogen and oxygen atoms in total. The summed E-state index contributed by atoms with van der Waals surface area (Å²) in [5.74, 6) is 0.923. The van der Waals surface area contributed by atoms with Crippen LogP contribution in [0.5, 0.6) is 11.6 Å². The van der Waals surface area contributed by atoms with E-state index in [1.807, 2.05) is 6.07 Å². The number of aliphatic hydroxyl groups excluding tert-OH is 1. The van der Waals surface area contributed by atoms with Crippen LogP contribution < -0.4 is 20.1 Å². The molecule has 0 aliphatic rings. The van der Waals surface area contributed by atoms with Crippen LogP contribution in [0.1, 0.15) is 11.7 Å². The first-order valence-electron chi connectivity index (χ1n) is 6.50. The monoisotopic (exact) mass is 323 g/mol. The topological polar surface area (TPSA) is 92.7 Å². The molecule has 0 fully saturated rings. The molecule has 1 aromatic heterocycles. The van der Waals surface area contributed by atoms with Crippen LogP contribution in [-0.4, -0.2) is 36.3 Å². The Morgan fingerprint density at radius 3 is 2.86 bits per heavy atom. The minimum atomic E-state index is -0.871. The van der Waals surface area contributed by atoms with Gasteiger partial charge in [0.05, 0.1) is 20.3 Å². The van der Waals surface area contributed by atoms with E-state index in [9.17, 15) is 9.90 Å². The fourth-order valence-electron chi connectivity index (χ4n) is 1.86. The van der Waals surface area contributed by atoms with Gasteiger partial charge < -0.3 is 25.2 Å². The fourth-order valence-corrected chi connectivity index (χ4v) is 2.45. The number of hydrogen-bond acceptors (Lipinski definition) is 6. The lowest BCUT2D eigenvalue weighted by atomic mass is 10.1. The Bertz CT molecular complexity index is 632. The standard InChI is InChI=1S/C14H17N3O4S/c1-20-12-6-4-3-5-9(12)11(18)7-15-14(19)16-10-8-22-17-13(10)21-2/h3-6,8,11,18H,7H2,1-2H3,(H2,15,16,19)/t11-/m0/s1. The largest absolute Gasteiger partial charge is 0.496 e. The van der Waals surface area contributed by atoms with Gasteiger partial charge in [0.15, 0.2) is 0 Å². The number of carbonyl (C=O) groups excluding carboxylic acids is 1. The van der Waals surface area contributed by atoms with Gasteiger partial charge >= 0.3 is 6.03 Å². The third-order valence-electron chi connectivity index (χ3n) is 2.93. The summed E-state index contributed by atoms with van der Waals surface area (Å²) >= 11 is 1.18. The number of methoxy groups -OCH3 is 2. The zero-order valence-corrected chi connectivity index (χ0v) is 13.0. The zero-order valence-electron chi connectivity index (χ0n) is 12.2. The van der Waals surface area contributed by atoms with Crippen LogP contribution >= 0.6 is 11.5 Å². The van der Waals surface area contributed by atoms with Crippen LogP contribution in [0.3, 0.4) is 0 Å². The van der Waals surface area contributed by atoms with E-state index in [1.165, 1.54) is 25.8 Å². The number of amides is 2. The maximum absolute atomic E-state index is 11.8. The fraction of sp³-hybridized carbons (Fsp3) is 0.286. The summed E-state index contributed by atoms with van der Waals surface area (Å²) in [4.78, 5) is 11.8. The van der Waals surface area contributed by atoms with E-state index in [2.05, 4.69) is 15.0 Å². The van der Waals surface area contributed by atoms with E-state index in [-0.39, 0.29) is 6.54 Å². The normalized spacial score (nSPS) is 11.6. The highest BCUT2D eigenvalue weighted by atomic mass is 32.1. The number of anilines is 1. The molecular formula is C14H17N3O4S. The van der Waals surface area contributed by atoms with Gasteiger partial charge in [0.1, 0.15) is 11.4 Å². The molecule has 8 heteroatoms. The first-order valence-corrected chi connectivity index (χ1v) is 7.33. The van der Waals surface area contributed by atoms with Crippen molar-refractivity contribution in [2.45, 2.75) is 6.10 Å². The molecule has 0 radical (unpaired) electrons. The van der Waals surface area contributed by atoms with Gasteiger partial charge in [0.25, 0.3) is 0 Å². The number of urea groups is 1. The molecule has 2 amide bonds. The second kappa shape index (κ2) is 7.62. The van der Waals surface area contributed by atoms with Crippen molar-refractivity contribution in [3.05, 3.63) is 35.2 Å². The Morgan fingerprint density at radius 2 is 2.14 bits per heavy atom. The summed E-state index contributed by atoms with van der Waals surface area (Å²) in [6, 6.07) is 6.65. The summed E-state index contributed by atoms with van der Waals surface area (Å²) in [6.45, 7) is 0.0477. The number of para-hydroxylation sites is 1. The predicted octanol–water partition coefficient (Wildman–Crippen LogP) is 2.02. The molecule has 0 bridgehead atoms. The highest BCUT2D eigenvalue weighted by Gasteiger charge is 2.15. The molecule has 0 aliphatic carbocycles. The van der Waals surface area contributed by atoms with Crippen molar-refractivity contribution in [1.82, 2.24) is 9.69 Å². The third kappa shape index (κ3) is 3.86. The van der Waals surface area contributed by atoms with Crippen LogP contribution in [0.25, 0.3) is 0 Å². The van der Waals surface area contributed by atoms with Crippen molar-refractivity contribution in [2.75, 3.05) is 26.1 Å². The second-order valence-corrected chi connectivity index (χ2v) is 4.96. The number of nitrogens with one attached hydrogen (secondary N) is 2. The Kier molecular flexibility index (Phi) is 5.56. The molecule has 2 rings (SSSR count). The van der Waals surface area contributed by atoms with Gasteiger partial charge in [0, 0.05) is 17.5 Å². The van der Waals surface area contributed by atoms with Crippen LogP contribution in [0.2, 0.25) is 0 Å². The molecule has 2 aromatic rings. The van der Waals surface area contributed by atoms with E-state index in [1.54, 1.807) is 23.6 Å². The summed E-state index contributed by atoms with van der Waals surface area (Å²) in [5.41, 5.74) is 1.09. The highest BCUT2D eigenvalue weighted by molar-refractivity contribution is 7.04. The number of benzene rings is 1. The average molecular weight is 323 g/mol. The minimum absolute atomic E-state index is 0.0477. The molecule has 1 aromatic carbocycles. The van der Waals surface area contributed by atoms with E-state index >= 15 is 0 Å². The van der Waals surface area contributed by atoms with Crippen molar-refractivity contribution in [3.63, 3.8) is 0 Å². The minimum Gasteiger partial charge on any atom is -0.496 e. The highest BCUT2D eigenvalue weighted by Crippen LogP contribution is 2.25. The van der Waals surface area contributed by atoms with Crippen molar-refractivity contribution in [2.24, 2.45) is 0 Å². The molecule has 0 saturated heterocycles. The molecule has 3 N–H and O–H groups in total. The molecule has 0 unspecified atom stereocenters. The van der Waals surface area contributed by atoms with Crippen LogP contribution in [-0.2, 0) is 0 Å². The molecule has 0 spiro atoms. The maximum atomic E-state index is 11.8. The second-order valence-electron chi connectivity index (χ2n) is 4.33. The van der Waals surface area contributed by atoms with E-state index in [4.69, 9.17) is 9.47 Å². The number of ether oxygens (including phenoxy) is 2. The van der Waals surface area contributed by atoms with Gasteiger partial charge in [-0.3, -0.25) is 0 Å². The summed E-state index contributed by atoms with van der Waals surface area (Å²) in [6.07, 6.45) is -0.871. The summed E-state index contributed by atoms with van der Waals surface area (Å²) in [7, 11) is 3.01. The molecule has 1 heterocycles. The molecule has 22 heavy (non-hydrogen) atoms. The Balaban J connectivity index is 1.90. The summed E-state index contributed by atoms with van der Waals surface area (Å²) in [5, 5.41) is 17.0. The predicted molar refractivity (Wildman–Crippen MR) is 83.6 cm³/mol. The first kappa shape index (κ1) is 16.1. The molecule has 0 saturated carbocycles. The van der Waals surface area contributed by atoms with Gasteiger partial charge in [0.2, 0.25) is 5.88 Å². The Morgan fingerprint density at radius 1 is 1.36 bits per heavy atom. The van der Waals surface area contributed by atoms with E-state index in [0.717, 1.165) is 0 Å². The lowest BCUT2D eigenvalue weighted by Gasteiger charge is -2.15. The third-order valence-corrected chi connectivity index (χ3v) is 3.54. The lowest BCUT2D eigenvalue weighted by molar-refractivity contribution is 0.171. The number of aliphatic hydroxyl groups is 1. The SMILES string of the molecule is COc1ccccc1[C@@H](O)CNC(=O)Nc1csnc1OC. The van der Waals surface area contributed by atoms with Gasteiger partial charge in [-0.25, -0.2) is 4.79 Å². The molecule has 118 valence electrons. The van der Waals surface area contributed by atoms with E-state index in [0.29, 0.717) is 22.9 Å². The van der Waals surface area contributed by atoms with Gasteiger partial charge in [-0.2, -0.15) is 4.37 Å². The van der Waals surface area contributed by atoms with E-state index < -0.39 is 12.1 Å². The lowest BCUT2D eigenvalue weighted by Crippen LogP contribution is -2.32. The van der Waals surface area contributed by atoms with Gasteiger partial charge in [-0.05, 0) is 17.6 Å². The molecule has 0 aliphatic heterocycles. The number of nitrogens with zero attached hydrogens (tertiary/aromatic N) is 1. The number of rotatable bonds is 6. The van der Waals surface area contributed by atoms with Crippen molar-refractivity contribution >= 4 is 23.3 Å². The molecular weight excluding hydrogens is 306 g/mol.